The second kappa shape index (κ2) is 8.69. The summed E-state index contributed by atoms with van der Waals surface area (Å²) >= 11 is 0. The molecule has 3 heterocycles. The van der Waals surface area contributed by atoms with E-state index in [-0.39, 0.29) is 5.91 Å². The summed E-state index contributed by atoms with van der Waals surface area (Å²) in [5.41, 5.74) is 4.37. The number of carbonyl (C=O) groups is 1. The third-order valence-corrected chi connectivity index (χ3v) is 5.01. The van der Waals surface area contributed by atoms with Crippen LogP contribution in [0.2, 0.25) is 0 Å². The van der Waals surface area contributed by atoms with E-state index >= 15 is 0 Å². The predicted octanol–water partition coefficient (Wildman–Crippen LogP) is 4.18. The zero-order valence-corrected chi connectivity index (χ0v) is 16.5. The second-order valence-corrected chi connectivity index (χ2v) is 6.97. The van der Waals surface area contributed by atoms with Crippen LogP contribution in [0.25, 0.3) is 5.65 Å². The number of fused-ring (bicyclic) bond motifs is 1. The van der Waals surface area contributed by atoms with Gasteiger partial charge in [-0.25, -0.2) is 4.98 Å². The third kappa shape index (κ3) is 4.19. The lowest BCUT2D eigenvalue weighted by molar-refractivity contribution is 0.0736. The maximum Gasteiger partial charge on any atom is 0.273 e. The van der Waals surface area contributed by atoms with Gasteiger partial charge in [-0.3, -0.25) is 14.2 Å². The van der Waals surface area contributed by atoms with Gasteiger partial charge in [-0.05, 0) is 36.2 Å². The van der Waals surface area contributed by atoms with E-state index in [9.17, 15) is 4.79 Å². The van der Waals surface area contributed by atoms with Crippen LogP contribution in [0.4, 0.5) is 0 Å². The average Bonchev–Trinajstić information content (AvgIpc) is 3.16. The molecule has 0 unspecified atom stereocenters. The van der Waals surface area contributed by atoms with Gasteiger partial charge in [0.2, 0.25) is 0 Å². The van der Waals surface area contributed by atoms with Gasteiger partial charge in [0.25, 0.3) is 5.91 Å². The summed E-state index contributed by atoms with van der Waals surface area (Å²) in [6.07, 6.45) is 5.12. The van der Waals surface area contributed by atoms with Crippen molar-refractivity contribution in [3.63, 3.8) is 0 Å². The highest BCUT2D eigenvalue weighted by Crippen LogP contribution is 2.18. The van der Waals surface area contributed by atoms with Gasteiger partial charge in [0.05, 0.1) is 5.69 Å². The SMILES string of the molecule is CCc1nc2ccccn2c1C(=O)N(CCc1ccccn1)Cc1ccccc1. The number of nitrogens with zero attached hydrogens (tertiary/aromatic N) is 4. The highest BCUT2D eigenvalue weighted by Gasteiger charge is 2.23. The number of hydrogen-bond donors (Lipinski definition) is 0. The Labute approximate surface area is 170 Å². The minimum Gasteiger partial charge on any atom is -0.333 e. The molecule has 0 aliphatic carbocycles. The molecule has 0 bridgehead atoms. The second-order valence-electron chi connectivity index (χ2n) is 6.97. The fourth-order valence-corrected chi connectivity index (χ4v) is 3.52. The van der Waals surface area contributed by atoms with Crippen LogP contribution in [0.3, 0.4) is 0 Å². The molecule has 0 saturated heterocycles. The summed E-state index contributed by atoms with van der Waals surface area (Å²) in [4.78, 5) is 24.6. The first-order valence-corrected chi connectivity index (χ1v) is 9.95. The molecule has 5 heteroatoms. The predicted molar refractivity (Wildman–Crippen MR) is 114 cm³/mol. The van der Waals surface area contributed by atoms with Crippen LogP contribution in [-0.2, 0) is 19.4 Å². The minimum absolute atomic E-state index is 0.000309. The average molecular weight is 384 g/mol. The van der Waals surface area contributed by atoms with Crippen LogP contribution in [-0.4, -0.2) is 31.7 Å². The smallest absolute Gasteiger partial charge is 0.273 e. The molecular weight excluding hydrogens is 360 g/mol. The number of aryl methyl sites for hydroxylation is 1. The van der Waals surface area contributed by atoms with Crippen molar-refractivity contribution in [2.24, 2.45) is 0 Å². The fraction of sp³-hybridized carbons (Fsp3) is 0.208. The van der Waals surface area contributed by atoms with Gasteiger partial charge in [-0.1, -0.05) is 49.4 Å². The number of amides is 1. The molecule has 0 spiro atoms. The highest BCUT2D eigenvalue weighted by atomic mass is 16.2. The molecule has 146 valence electrons. The topological polar surface area (TPSA) is 50.5 Å². The van der Waals surface area contributed by atoms with Crippen molar-refractivity contribution in [2.45, 2.75) is 26.3 Å². The fourth-order valence-electron chi connectivity index (χ4n) is 3.52. The molecule has 0 saturated carbocycles. The summed E-state index contributed by atoms with van der Waals surface area (Å²) in [5, 5.41) is 0. The van der Waals surface area contributed by atoms with Crippen LogP contribution in [0, 0.1) is 0 Å². The standard InChI is InChI=1S/C24H24N4O/c1-2-21-23(28-16-9-7-13-22(28)26-21)24(29)27(18-19-10-4-3-5-11-19)17-14-20-12-6-8-15-25-20/h3-13,15-16H,2,14,17-18H2,1H3. The maximum absolute atomic E-state index is 13.7. The molecule has 0 fully saturated rings. The summed E-state index contributed by atoms with van der Waals surface area (Å²) in [6, 6.07) is 21.8. The lowest BCUT2D eigenvalue weighted by Gasteiger charge is -2.23. The van der Waals surface area contributed by atoms with Crippen molar-refractivity contribution in [1.82, 2.24) is 19.3 Å². The molecule has 29 heavy (non-hydrogen) atoms. The molecule has 1 amide bonds. The van der Waals surface area contributed by atoms with Crippen molar-refractivity contribution >= 4 is 11.6 Å². The Morgan fingerprint density at radius 3 is 2.55 bits per heavy atom. The third-order valence-electron chi connectivity index (χ3n) is 5.01. The number of hydrogen-bond acceptors (Lipinski definition) is 3. The monoisotopic (exact) mass is 384 g/mol. The molecule has 4 aromatic rings. The Kier molecular flexibility index (Phi) is 5.66. The van der Waals surface area contributed by atoms with E-state index in [1.807, 2.05) is 77.0 Å². The molecule has 0 atom stereocenters. The Morgan fingerprint density at radius 1 is 1.00 bits per heavy atom. The molecular formula is C24H24N4O. The Hall–Kier alpha value is -3.47. The Balaban J connectivity index is 1.67. The van der Waals surface area contributed by atoms with Crippen molar-refractivity contribution in [1.29, 1.82) is 0 Å². The Morgan fingerprint density at radius 2 is 1.79 bits per heavy atom. The van der Waals surface area contributed by atoms with E-state index in [1.165, 1.54) is 0 Å². The van der Waals surface area contributed by atoms with E-state index < -0.39 is 0 Å². The Bertz CT molecular complexity index is 1090. The molecule has 5 nitrogen and oxygen atoms in total. The van der Waals surface area contributed by atoms with Gasteiger partial charge >= 0.3 is 0 Å². The van der Waals surface area contributed by atoms with Crippen molar-refractivity contribution in [3.8, 4) is 0 Å². The largest absolute Gasteiger partial charge is 0.333 e. The molecule has 3 aromatic heterocycles. The van der Waals surface area contributed by atoms with E-state index in [0.29, 0.717) is 31.6 Å². The first kappa shape index (κ1) is 18.9. The number of rotatable bonds is 7. The van der Waals surface area contributed by atoms with E-state index in [2.05, 4.69) is 22.1 Å². The van der Waals surface area contributed by atoms with E-state index in [4.69, 9.17) is 0 Å². The molecule has 4 rings (SSSR count). The summed E-state index contributed by atoms with van der Waals surface area (Å²) in [6.45, 7) is 3.18. The lowest BCUT2D eigenvalue weighted by atomic mass is 10.1. The molecule has 1 aromatic carbocycles. The molecule has 0 N–H and O–H groups in total. The van der Waals surface area contributed by atoms with Crippen LogP contribution in [0.15, 0.2) is 79.1 Å². The number of pyridine rings is 2. The molecule has 0 aliphatic rings. The van der Waals surface area contributed by atoms with Gasteiger partial charge < -0.3 is 4.90 Å². The first-order chi connectivity index (χ1) is 14.3. The van der Waals surface area contributed by atoms with Crippen LogP contribution in [0.1, 0.15) is 34.4 Å². The van der Waals surface area contributed by atoms with Gasteiger partial charge in [-0.15, -0.1) is 0 Å². The minimum atomic E-state index is 0.000309. The number of benzene rings is 1. The van der Waals surface area contributed by atoms with Crippen LogP contribution < -0.4 is 0 Å². The number of aromatic nitrogens is 3. The van der Waals surface area contributed by atoms with Crippen LogP contribution >= 0.6 is 0 Å². The summed E-state index contributed by atoms with van der Waals surface area (Å²) in [7, 11) is 0. The van der Waals surface area contributed by atoms with E-state index in [1.54, 1.807) is 6.20 Å². The lowest BCUT2D eigenvalue weighted by Crippen LogP contribution is -2.34. The van der Waals surface area contributed by atoms with Gasteiger partial charge in [0.1, 0.15) is 11.3 Å². The van der Waals surface area contributed by atoms with Gasteiger partial charge in [0, 0.05) is 37.6 Å². The number of carbonyl (C=O) groups excluding carboxylic acids is 1. The van der Waals surface area contributed by atoms with Crippen molar-refractivity contribution in [2.75, 3.05) is 6.54 Å². The van der Waals surface area contributed by atoms with Crippen molar-refractivity contribution < 1.29 is 4.79 Å². The quantitative estimate of drug-likeness (QED) is 0.480. The van der Waals surface area contributed by atoms with Crippen LogP contribution in [0.5, 0.6) is 0 Å². The van der Waals surface area contributed by atoms with Gasteiger partial charge in [0.15, 0.2) is 0 Å². The first-order valence-electron chi connectivity index (χ1n) is 9.95. The highest BCUT2D eigenvalue weighted by molar-refractivity contribution is 5.94. The van der Waals surface area contributed by atoms with E-state index in [0.717, 1.165) is 22.6 Å². The van der Waals surface area contributed by atoms with Gasteiger partial charge in [-0.2, -0.15) is 0 Å². The number of imidazole rings is 1. The summed E-state index contributed by atoms with van der Waals surface area (Å²) < 4.78 is 1.90. The zero-order valence-electron chi connectivity index (χ0n) is 16.5. The maximum atomic E-state index is 13.7. The van der Waals surface area contributed by atoms with Crippen molar-refractivity contribution in [3.05, 3.63) is 102 Å². The molecule has 0 aliphatic heterocycles. The zero-order chi connectivity index (χ0) is 20.1. The normalized spacial score (nSPS) is 10.9. The summed E-state index contributed by atoms with van der Waals surface area (Å²) in [5.74, 6) is 0.000309. The molecule has 0 radical (unpaired) electrons.